The molecule has 1 heterocycles. The monoisotopic (exact) mass is 276 g/mol. The summed E-state index contributed by atoms with van der Waals surface area (Å²) in [5, 5.41) is 8.47. The molecule has 0 fully saturated rings. The lowest BCUT2D eigenvalue weighted by Gasteiger charge is -2.16. The van der Waals surface area contributed by atoms with Gasteiger partial charge in [-0.3, -0.25) is 4.79 Å². The van der Waals surface area contributed by atoms with Crippen molar-refractivity contribution < 1.29 is 22.7 Å². The van der Waals surface area contributed by atoms with E-state index in [2.05, 4.69) is 4.72 Å². The smallest absolute Gasteiger partial charge is 0.304 e. The Morgan fingerprint density at radius 1 is 1.56 bits per heavy atom. The van der Waals surface area contributed by atoms with Crippen LogP contribution >= 0.6 is 0 Å². The normalized spacial score (nSPS) is 11.9. The van der Waals surface area contributed by atoms with Crippen LogP contribution in [0.15, 0.2) is 22.8 Å². The molecule has 0 amide bonds. The number of hydrogen-bond donors (Lipinski definition) is 2. The van der Waals surface area contributed by atoms with E-state index in [1.54, 1.807) is 12.1 Å². The molecule has 8 heteroatoms. The zero-order chi connectivity index (χ0) is 13.6. The minimum Gasteiger partial charge on any atom is -0.481 e. The Morgan fingerprint density at radius 3 is 2.83 bits per heavy atom. The van der Waals surface area contributed by atoms with Crippen molar-refractivity contribution in [2.45, 2.75) is 12.8 Å². The summed E-state index contributed by atoms with van der Waals surface area (Å²) in [6.45, 7) is 0.138. The van der Waals surface area contributed by atoms with Crippen molar-refractivity contribution >= 4 is 16.2 Å². The van der Waals surface area contributed by atoms with Gasteiger partial charge in [0.15, 0.2) is 0 Å². The van der Waals surface area contributed by atoms with E-state index in [4.69, 9.17) is 9.52 Å². The number of aliphatic carboxylic acids is 1. The third kappa shape index (κ3) is 4.86. The van der Waals surface area contributed by atoms with E-state index >= 15 is 0 Å². The topological polar surface area (TPSA) is 99.9 Å². The molecule has 102 valence electrons. The van der Waals surface area contributed by atoms with Gasteiger partial charge in [-0.05, 0) is 12.1 Å². The summed E-state index contributed by atoms with van der Waals surface area (Å²) >= 11 is 0. The maximum Gasteiger partial charge on any atom is 0.304 e. The van der Waals surface area contributed by atoms with E-state index in [0.717, 1.165) is 4.31 Å². The molecule has 18 heavy (non-hydrogen) atoms. The van der Waals surface area contributed by atoms with Gasteiger partial charge in [0.25, 0.3) is 10.2 Å². The summed E-state index contributed by atoms with van der Waals surface area (Å²) < 4.78 is 31.7. The molecule has 1 aromatic rings. The first-order chi connectivity index (χ1) is 8.42. The lowest BCUT2D eigenvalue weighted by molar-refractivity contribution is -0.137. The molecule has 0 aliphatic carbocycles. The van der Waals surface area contributed by atoms with Crippen molar-refractivity contribution in [3.05, 3.63) is 24.2 Å². The number of nitrogens with one attached hydrogen (secondary N) is 1. The van der Waals surface area contributed by atoms with Gasteiger partial charge in [0.2, 0.25) is 0 Å². The van der Waals surface area contributed by atoms with Crippen LogP contribution in [0.5, 0.6) is 0 Å². The Hall–Kier alpha value is -1.38. The van der Waals surface area contributed by atoms with Crippen LogP contribution in [0.3, 0.4) is 0 Å². The van der Waals surface area contributed by atoms with Crippen LogP contribution < -0.4 is 4.72 Å². The number of furan rings is 1. The van der Waals surface area contributed by atoms with Crippen LogP contribution in [0.25, 0.3) is 0 Å². The van der Waals surface area contributed by atoms with Gasteiger partial charge in [0, 0.05) is 26.6 Å². The summed E-state index contributed by atoms with van der Waals surface area (Å²) in [6, 6.07) is 3.48. The fourth-order valence-corrected chi connectivity index (χ4v) is 2.15. The van der Waals surface area contributed by atoms with Crippen molar-refractivity contribution in [3.8, 4) is 0 Å². The Kier molecular flexibility index (Phi) is 5.32. The summed E-state index contributed by atoms with van der Waals surface area (Å²) in [7, 11) is -2.30. The number of rotatable bonds is 8. The number of carboxylic acids is 1. The minimum atomic E-state index is -3.63. The Morgan fingerprint density at radius 2 is 2.28 bits per heavy atom. The highest BCUT2D eigenvalue weighted by atomic mass is 32.2. The van der Waals surface area contributed by atoms with Crippen LogP contribution in [0.1, 0.15) is 12.2 Å². The molecule has 0 radical (unpaired) electrons. The Balaban J connectivity index is 2.36. The summed E-state index contributed by atoms with van der Waals surface area (Å²) in [6.07, 6.45) is 1.73. The number of nitrogens with zero attached hydrogens (tertiary/aromatic N) is 1. The van der Waals surface area contributed by atoms with Crippen molar-refractivity contribution in [2.75, 3.05) is 20.1 Å². The zero-order valence-corrected chi connectivity index (χ0v) is 10.8. The molecule has 0 saturated heterocycles. The van der Waals surface area contributed by atoms with E-state index in [1.807, 2.05) is 0 Å². The van der Waals surface area contributed by atoms with E-state index in [-0.39, 0.29) is 19.5 Å². The van der Waals surface area contributed by atoms with Crippen molar-refractivity contribution in [2.24, 2.45) is 0 Å². The summed E-state index contributed by atoms with van der Waals surface area (Å²) in [5.41, 5.74) is 0. The predicted molar refractivity (Wildman–Crippen MR) is 64.2 cm³/mol. The van der Waals surface area contributed by atoms with Gasteiger partial charge in [0.05, 0.1) is 12.7 Å². The van der Waals surface area contributed by atoms with Crippen LogP contribution in [0, 0.1) is 0 Å². The summed E-state index contributed by atoms with van der Waals surface area (Å²) in [5.74, 6) is -0.349. The fourth-order valence-electron chi connectivity index (χ4n) is 1.24. The van der Waals surface area contributed by atoms with Gasteiger partial charge in [-0.25, -0.2) is 4.72 Å². The molecule has 0 saturated carbocycles. The summed E-state index contributed by atoms with van der Waals surface area (Å²) in [4.78, 5) is 10.3. The van der Waals surface area contributed by atoms with Gasteiger partial charge in [-0.1, -0.05) is 0 Å². The van der Waals surface area contributed by atoms with Crippen molar-refractivity contribution in [1.82, 2.24) is 9.03 Å². The maximum atomic E-state index is 11.7. The van der Waals surface area contributed by atoms with E-state index in [1.165, 1.54) is 13.3 Å². The first kappa shape index (κ1) is 14.7. The first-order valence-corrected chi connectivity index (χ1v) is 6.81. The van der Waals surface area contributed by atoms with E-state index < -0.39 is 16.2 Å². The molecule has 1 rings (SSSR count). The van der Waals surface area contributed by atoms with Gasteiger partial charge in [0.1, 0.15) is 5.76 Å². The highest BCUT2D eigenvalue weighted by Gasteiger charge is 2.17. The van der Waals surface area contributed by atoms with Gasteiger partial charge in [-0.15, -0.1) is 0 Å². The molecule has 0 aromatic carbocycles. The molecular formula is C10H16N2O5S. The average molecular weight is 276 g/mol. The van der Waals surface area contributed by atoms with E-state index in [0.29, 0.717) is 12.2 Å². The first-order valence-electron chi connectivity index (χ1n) is 5.37. The molecule has 0 aliphatic rings. The predicted octanol–water partition coefficient (Wildman–Crippen LogP) is 0.0630. The number of carboxylic acid groups (broad SMARTS) is 1. The minimum absolute atomic E-state index is 0.0641. The largest absolute Gasteiger partial charge is 0.481 e. The average Bonchev–Trinajstić information content (AvgIpc) is 2.78. The Bertz CT molecular complexity index is 468. The maximum absolute atomic E-state index is 11.7. The van der Waals surface area contributed by atoms with E-state index in [9.17, 15) is 13.2 Å². The van der Waals surface area contributed by atoms with Crippen molar-refractivity contribution in [3.63, 3.8) is 0 Å². The second-order valence-electron chi connectivity index (χ2n) is 3.69. The van der Waals surface area contributed by atoms with Crippen LogP contribution in [-0.4, -0.2) is 43.9 Å². The lowest BCUT2D eigenvalue weighted by Crippen LogP contribution is -2.40. The standard InChI is InChI=1S/C10H16N2O5S/c1-12(7-5-10(13)14)18(15,16)11-6-4-9-3-2-8-17-9/h2-3,8,11H,4-7H2,1H3,(H,13,14). The van der Waals surface area contributed by atoms with Gasteiger partial charge in [-0.2, -0.15) is 12.7 Å². The second-order valence-corrected chi connectivity index (χ2v) is 5.56. The SMILES string of the molecule is CN(CCC(=O)O)S(=O)(=O)NCCc1ccco1. The quantitative estimate of drug-likeness (QED) is 0.699. The molecule has 0 aliphatic heterocycles. The van der Waals surface area contributed by atoms with Gasteiger partial charge < -0.3 is 9.52 Å². The third-order valence-electron chi connectivity index (χ3n) is 2.29. The Labute approximate surface area is 106 Å². The number of hydrogen-bond acceptors (Lipinski definition) is 4. The fraction of sp³-hybridized carbons (Fsp3) is 0.500. The lowest BCUT2D eigenvalue weighted by atomic mass is 10.3. The van der Waals surface area contributed by atoms with Crippen LogP contribution in [0.2, 0.25) is 0 Å². The zero-order valence-electron chi connectivity index (χ0n) is 10.00. The molecular weight excluding hydrogens is 260 g/mol. The molecule has 0 atom stereocenters. The van der Waals surface area contributed by atoms with Crippen molar-refractivity contribution in [1.29, 1.82) is 0 Å². The highest BCUT2D eigenvalue weighted by molar-refractivity contribution is 7.87. The molecule has 0 unspecified atom stereocenters. The highest BCUT2D eigenvalue weighted by Crippen LogP contribution is 2.01. The van der Waals surface area contributed by atoms with Gasteiger partial charge >= 0.3 is 5.97 Å². The third-order valence-corrected chi connectivity index (χ3v) is 3.86. The number of carbonyl (C=O) groups is 1. The van der Waals surface area contributed by atoms with Crippen LogP contribution in [-0.2, 0) is 21.4 Å². The molecule has 0 spiro atoms. The molecule has 1 aromatic heterocycles. The molecule has 2 N–H and O–H groups in total. The molecule has 7 nitrogen and oxygen atoms in total. The second kappa shape index (κ2) is 6.53. The van der Waals surface area contributed by atoms with Crippen LogP contribution in [0.4, 0.5) is 0 Å². The molecule has 0 bridgehead atoms.